The van der Waals surface area contributed by atoms with E-state index >= 15 is 0 Å². The molecule has 23 heavy (non-hydrogen) atoms. The largest absolute Gasteiger partial charge is 0.573 e. The minimum atomic E-state index is -4.69. The van der Waals surface area contributed by atoms with Crippen LogP contribution in [0.5, 0.6) is 5.75 Å². The summed E-state index contributed by atoms with van der Waals surface area (Å²) in [6.07, 6.45) is -1.71. The van der Waals surface area contributed by atoms with Crippen LogP contribution >= 0.6 is 0 Å². The van der Waals surface area contributed by atoms with Crippen LogP contribution < -0.4 is 10.1 Å². The number of nitrogens with one attached hydrogen (secondary N) is 1. The third kappa shape index (κ3) is 3.50. The number of benzene rings is 1. The monoisotopic (exact) mass is 323 g/mol. The summed E-state index contributed by atoms with van der Waals surface area (Å²) in [5.74, 6) is 0.878. The van der Waals surface area contributed by atoms with Gasteiger partial charge in [-0.25, -0.2) is 4.98 Å². The minimum absolute atomic E-state index is 0.162. The third-order valence-corrected chi connectivity index (χ3v) is 3.16. The van der Waals surface area contributed by atoms with Crippen molar-refractivity contribution < 1.29 is 17.9 Å². The highest BCUT2D eigenvalue weighted by molar-refractivity contribution is 5.44. The molecule has 0 radical (unpaired) electrons. The Bertz CT molecular complexity index is 800. The highest BCUT2D eigenvalue weighted by Crippen LogP contribution is 2.25. The van der Waals surface area contributed by atoms with Crippen LogP contribution in [0.15, 0.2) is 42.9 Å². The second-order valence-corrected chi connectivity index (χ2v) is 4.78. The van der Waals surface area contributed by atoms with Gasteiger partial charge in [-0.2, -0.15) is 14.6 Å². The van der Waals surface area contributed by atoms with E-state index in [0.29, 0.717) is 11.6 Å². The van der Waals surface area contributed by atoms with Crippen molar-refractivity contribution in [2.75, 3.05) is 5.32 Å². The van der Waals surface area contributed by atoms with Crippen molar-refractivity contribution >= 4 is 11.6 Å². The van der Waals surface area contributed by atoms with Gasteiger partial charge in [-0.1, -0.05) is 12.1 Å². The Balaban J connectivity index is 1.75. The van der Waals surface area contributed by atoms with E-state index in [1.54, 1.807) is 24.4 Å². The standard InChI is InChI=1S/C14H12F3N5O/c1-9(10-2-4-11(5-3-10)23-14(15,16)17)21-12-6-7-18-13-19-8-20-22(12)13/h2-9,21H,1H3. The van der Waals surface area contributed by atoms with Crippen LogP contribution in [0.25, 0.3) is 5.78 Å². The van der Waals surface area contributed by atoms with Crippen LogP contribution in [-0.2, 0) is 0 Å². The Kier molecular flexibility index (Phi) is 3.77. The molecule has 9 heteroatoms. The van der Waals surface area contributed by atoms with Gasteiger partial charge in [-0.3, -0.25) is 0 Å². The molecule has 6 nitrogen and oxygen atoms in total. The van der Waals surface area contributed by atoms with Crippen molar-refractivity contribution in [2.24, 2.45) is 0 Å². The topological polar surface area (TPSA) is 64.3 Å². The van der Waals surface area contributed by atoms with E-state index in [2.05, 4.69) is 25.1 Å². The predicted octanol–water partition coefficient (Wildman–Crippen LogP) is 3.20. The van der Waals surface area contributed by atoms with Crippen LogP contribution in [0.4, 0.5) is 19.0 Å². The van der Waals surface area contributed by atoms with Crippen molar-refractivity contribution in [3.8, 4) is 5.75 Å². The number of anilines is 1. The lowest BCUT2D eigenvalue weighted by Crippen LogP contribution is -2.17. The Hall–Kier alpha value is -2.84. The van der Waals surface area contributed by atoms with Crippen LogP contribution in [0, 0.1) is 0 Å². The van der Waals surface area contributed by atoms with Gasteiger partial charge >= 0.3 is 6.36 Å². The molecule has 0 bridgehead atoms. The maximum absolute atomic E-state index is 12.1. The van der Waals surface area contributed by atoms with Gasteiger partial charge < -0.3 is 10.1 Å². The lowest BCUT2D eigenvalue weighted by atomic mass is 10.1. The Morgan fingerprint density at radius 3 is 2.57 bits per heavy atom. The number of nitrogens with zero attached hydrogens (tertiary/aromatic N) is 4. The van der Waals surface area contributed by atoms with Gasteiger partial charge in [0.25, 0.3) is 5.78 Å². The number of aromatic nitrogens is 4. The molecule has 0 amide bonds. The van der Waals surface area contributed by atoms with E-state index < -0.39 is 6.36 Å². The number of halogens is 3. The van der Waals surface area contributed by atoms with Gasteiger partial charge in [0.2, 0.25) is 0 Å². The first kappa shape index (κ1) is 15.1. The summed E-state index contributed by atoms with van der Waals surface area (Å²) in [6.45, 7) is 1.88. The van der Waals surface area contributed by atoms with E-state index in [4.69, 9.17) is 0 Å². The predicted molar refractivity (Wildman–Crippen MR) is 75.9 cm³/mol. The van der Waals surface area contributed by atoms with E-state index in [-0.39, 0.29) is 11.8 Å². The lowest BCUT2D eigenvalue weighted by Gasteiger charge is -2.16. The quantitative estimate of drug-likeness (QED) is 0.799. The molecular weight excluding hydrogens is 311 g/mol. The number of hydrogen-bond acceptors (Lipinski definition) is 5. The summed E-state index contributed by atoms with van der Waals surface area (Å²) in [5.41, 5.74) is 0.796. The van der Waals surface area contributed by atoms with E-state index in [9.17, 15) is 13.2 Å². The van der Waals surface area contributed by atoms with Gasteiger partial charge in [0.1, 0.15) is 17.9 Å². The lowest BCUT2D eigenvalue weighted by molar-refractivity contribution is -0.274. The molecule has 2 heterocycles. The number of rotatable bonds is 4. The highest BCUT2D eigenvalue weighted by atomic mass is 19.4. The first-order valence-corrected chi connectivity index (χ1v) is 6.69. The molecule has 0 aliphatic heterocycles. The molecule has 1 aromatic carbocycles. The molecule has 2 aromatic heterocycles. The summed E-state index contributed by atoms with van der Waals surface area (Å²) in [5, 5.41) is 7.27. The Morgan fingerprint density at radius 1 is 1.13 bits per heavy atom. The first-order valence-electron chi connectivity index (χ1n) is 6.69. The normalized spacial score (nSPS) is 13.0. The fraction of sp³-hybridized carbons (Fsp3) is 0.214. The fourth-order valence-corrected chi connectivity index (χ4v) is 2.11. The summed E-state index contributed by atoms with van der Waals surface area (Å²) < 4.78 is 41.8. The third-order valence-electron chi connectivity index (χ3n) is 3.16. The minimum Gasteiger partial charge on any atom is -0.406 e. The zero-order valence-corrected chi connectivity index (χ0v) is 11.9. The molecule has 0 aliphatic rings. The average molecular weight is 323 g/mol. The summed E-state index contributed by atoms with van der Waals surface area (Å²) in [4.78, 5) is 8.04. The van der Waals surface area contributed by atoms with Crippen molar-refractivity contribution in [3.05, 3.63) is 48.4 Å². The molecule has 1 atom stereocenters. The van der Waals surface area contributed by atoms with Crippen LogP contribution in [-0.4, -0.2) is 25.9 Å². The molecule has 0 fully saturated rings. The maximum atomic E-state index is 12.1. The number of hydrogen-bond donors (Lipinski definition) is 1. The molecular formula is C14H12F3N5O. The average Bonchev–Trinajstić information content (AvgIpc) is 2.96. The Morgan fingerprint density at radius 2 is 1.87 bits per heavy atom. The molecule has 0 saturated heterocycles. The second kappa shape index (κ2) is 5.75. The van der Waals surface area contributed by atoms with Gasteiger partial charge in [0.05, 0.1) is 0 Å². The zero-order chi connectivity index (χ0) is 16.4. The molecule has 120 valence electrons. The molecule has 3 aromatic rings. The zero-order valence-electron chi connectivity index (χ0n) is 11.9. The summed E-state index contributed by atoms with van der Waals surface area (Å²) in [7, 11) is 0. The van der Waals surface area contributed by atoms with Gasteiger partial charge in [0.15, 0.2) is 0 Å². The van der Waals surface area contributed by atoms with E-state index in [1.807, 2.05) is 6.92 Å². The van der Waals surface area contributed by atoms with Crippen molar-refractivity contribution in [3.63, 3.8) is 0 Å². The molecule has 0 spiro atoms. The van der Waals surface area contributed by atoms with E-state index in [1.165, 1.54) is 23.0 Å². The first-order chi connectivity index (χ1) is 10.9. The summed E-state index contributed by atoms with van der Waals surface area (Å²) >= 11 is 0. The second-order valence-electron chi connectivity index (χ2n) is 4.78. The smallest absolute Gasteiger partial charge is 0.406 e. The molecule has 0 aliphatic carbocycles. The molecule has 3 rings (SSSR count). The number of ether oxygens (including phenoxy) is 1. The van der Waals surface area contributed by atoms with Gasteiger partial charge in [0, 0.05) is 12.2 Å². The van der Waals surface area contributed by atoms with Gasteiger partial charge in [-0.05, 0) is 30.7 Å². The molecule has 0 saturated carbocycles. The maximum Gasteiger partial charge on any atom is 0.573 e. The van der Waals surface area contributed by atoms with E-state index in [0.717, 1.165) is 5.56 Å². The molecule has 1 unspecified atom stereocenters. The van der Waals surface area contributed by atoms with Crippen molar-refractivity contribution in [1.82, 2.24) is 19.6 Å². The highest BCUT2D eigenvalue weighted by Gasteiger charge is 2.31. The van der Waals surface area contributed by atoms with Crippen molar-refractivity contribution in [2.45, 2.75) is 19.3 Å². The summed E-state index contributed by atoms with van der Waals surface area (Å²) in [6, 6.07) is 7.26. The van der Waals surface area contributed by atoms with Gasteiger partial charge in [-0.15, -0.1) is 13.2 Å². The van der Waals surface area contributed by atoms with Crippen molar-refractivity contribution in [1.29, 1.82) is 0 Å². The molecule has 1 N–H and O–H groups in total. The van der Waals surface area contributed by atoms with Crippen LogP contribution in [0.3, 0.4) is 0 Å². The Labute approximate surface area is 128 Å². The number of alkyl halides is 3. The van der Waals surface area contributed by atoms with Crippen LogP contribution in [0.1, 0.15) is 18.5 Å². The SMILES string of the molecule is CC(Nc1ccnc2ncnn12)c1ccc(OC(F)(F)F)cc1. The fourth-order valence-electron chi connectivity index (χ4n) is 2.11. The number of fused-ring (bicyclic) bond motifs is 1. The van der Waals surface area contributed by atoms with Crippen LogP contribution in [0.2, 0.25) is 0 Å².